The number of likely N-dealkylation sites (tertiary alicyclic amines) is 1. The van der Waals surface area contributed by atoms with E-state index in [9.17, 15) is 18.0 Å². The maximum Gasteiger partial charge on any atom is 0.416 e. The van der Waals surface area contributed by atoms with Gasteiger partial charge in [0.2, 0.25) is 0 Å². The molecule has 0 aromatic heterocycles. The molecule has 0 radical (unpaired) electrons. The minimum Gasteiger partial charge on any atom is -0.484 e. The molecule has 0 aliphatic carbocycles. The van der Waals surface area contributed by atoms with Crippen molar-refractivity contribution in [1.82, 2.24) is 10.2 Å². The number of hydrogen-bond acceptors (Lipinski definition) is 3. The third-order valence-corrected chi connectivity index (χ3v) is 4.67. The Hall–Kier alpha value is -2.54. The highest BCUT2D eigenvalue weighted by molar-refractivity contribution is 5.77. The van der Waals surface area contributed by atoms with Crippen LogP contribution < -0.4 is 10.1 Å². The van der Waals surface area contributed by atoms with Crippen LogP contribution in [0.1, 0.15) is 24.0 Å². The summed E-state index contributed by atoms with van der Waals surface area (Å²) in [7, 11) is 0. The molecule has 0 spiro atoms. The Labute approximate surface area is 162 Å². The summed E-state index contributed by atoms with van der Waals surface area (Å²) in [6.07, 6.45) is -2.49. The van der Waals surface area contributed by atoms with Gasteiger partial charge in [-0.3, -0.25) is 9.69 Å². The van der Waals surface area contributed by atoms with Crippen molar-refractivity contribution in [3.8, 4) is 5.75 Å². The van der Waals surface area contributed by atoms with Crippen molar-refractivity contribution < 1.29 is 22.7 Å². The molecule has 28 heavy (non-hydrogen) atoms. The van der Waals surface area contributed by atoms with E-state index in [-0.39, 0.29) is 24.3 Å². The quantitative estimate of drug-likeness (QED) is 0.812. The molecule has 7 heteroatoms. The number of halogens is 3. The predicted octanol–water partition coefficient (Wildman–Crippen LogP) is 3.87. The minimum atomic E-state index is -4.39. The van der Waals surface area contributed by atoms with Crippen LogP contribution >= 0.6 is 0 Å². The first kappa shape index (κ1) is 20.2. The SMILES string of the molecule is O=C(COc1ccc(C(F)(F)F)cc1)NC1CCCN(Cc2ccccc2)C1. The third kappa shape index (κ3) is 5.99. The van der Waals surface area contributed by atoms with E-state index in [1.807, 2.05) is 18.2 Å². The zero-order chi connectivity index (χ0) is 20.0. The molecule has 0 saturated carbocycles. The first-order valence-corrected chi connectivity index (χ1v) is 9.26. The van der Waals surface area contributed by atoms with E-state index in [0.717, 1.165) is 44.6 Å². The molecule has 1 heterocycles. The lowest BCUT2D eigenvalue weighted by molar-refractivity contribution is -0.137. The van der Waals surface area contributed by atoms with E-state index >= 15 is 0 Å². The molecule has 2 aromatic carbocycles. The van der Waals surface area contributed by atoms with Crippen molar-refractivity contribution in [3.05, 3.63) is 65.7 Å². The van der Waals surface area contributed by atoms with Gasteiger partial charge in [-0.05, 0) is 49.2 Å². The Balaban J connectivity index is 1.44. The average Bonchev–Trinajstić information content (AvgIpc) is 2.67. The van der Waals surface area contributed by atoms with Gasteiger partial charge >= 0.3 is 6.18 Å². The lowest BCUT2D eigenvalue weighted by Gasteiger charge is -2.33. The van der Waals surface area contributed by atoms with Gasteiger partial charge in [-0.1, -0.05) is 30.3 Å². The van der Waals surface area contributed by atoms with Crippen molar-refractivity contribution in [1.29, 1.82) is 0 Å². The maximum atomic E-state index is 12.6. The zero-order valence-electron chi connectivity index (χ0n) is 15.4. The van der Waals surface area contributed by atoms with Gasteiger partial charge < -0.3 is 10.1 Å². The number of carbonyl (C=O) groups excluding carboxylic acids is 1. The van der Waals surface area contributed by atoms with Crippen molar-refractivity contribution in [2.45, 2.75) is 31.6 Å². The van der Waals surface area contributed by atoms with Crippen LogP contribution in [0.4, 0.5) is 13.2 Å². The lowest BCUT2D eigenvalue weighted by atomic mass is 10.0. The van der Waals surface area contributed by atoms with Gasteiger partial charge in [-0.15, -0.1) is 0 Å². The topological polar surface area (TPSA) is 41.6 Å². The summed E-state index contributed by atoms with van der Waals surface area (Å²) in [6.45, 7) is 2.38. The van der Waals surface area contributed by atoms with Gasteiger partial charge in [-0.25, -0.2) is 0 Å². The van der Waals surface area contributed by atoms with Crippen LogP contribution in [0.5, 0.6) is 5.75 Å². The summed E-state index contributed by atoms with van der Waals surface area (Å²) >= 11 is 0. The Bertz CT molecular complexity index is 763. The van der Waals surface area contributed by atoms with Crippen molar-refractivity contribution in [3.63, 3.8) is 0 Å². The van der Waals surface area contributed by atoms with Crippen LogP contribution in [-0.2, 0) is 17.5 Å². The normalized spacial score (nSPS) is 17.9. The predicted molar refractivity (Wildman–Crippen MR) is 99.8 cm³/mol. The number of nitrogens with one attached hydrogen (secondary N) is 1. The standard InChI is InChI=1S/C21H23F3N2O2/c22-21(23,24)17-8-10-19(11-9-17)28-15-20(27)25-18-7-4-12-26(14-18)13-16-5-2-1-3-6-16/h1-3,5-6,8-11,18H,4,7,12-15H2,(H,25,27). The molecular weight excluding hydrogens is 369 g/mol. The lowest BCUT2D eigenvalue weighted by Crippen LogP contribution is -2.48. The van der Waals surface area contributed by atoms with Gasteiger partial charge in [0.1, 0.15) is 5.75 Å². The molecule has 1 aliphatic rings. The van der Waals surface area contributed by atoms with E-state index in [4.69, 9.17) is 4.74 Å². The highest BCUT2D eigenvalue weighted by Gasteiger charge is 2.30. The number of rotatable bonds is 6. The second kappa shape index (κ2) is 9.10. The number of carbonyl (C=O) groups is 1. The van der Waals surface area contributed by atoms with E-state index < -0.39 is 11.7 Å². The number of alkyl halides is 3. The first-order chi connectivity index (χ1) is 13.4. The fourth-order valence-corrected chi connectivity index (χ4v) is 3.32. The Morgan fingerprint density at radius 2 is 1.82 bits per heavy atom. The smallest absolute Gasteiger partial charge is 0.416 e. The number of nitrogens with zero attached hydrogens (tertiary/aromatic N) is 1. The summed E-state index contributed by atoms with van der Waals surface area (Å²) in [6, 6.07) is 14.5. The molecular formula is C21H23F3N2O2. The van der Waals surface area contributed by atoms with Gasteiger partial charge in [0.15, 0.2) is 6.61 Å². The molecule has 1 fully saturated rings. The number of ether oxygens (including phenoxy) is 1. The van der Waals surface area contributed by atoms with Crippen LogP contribution in [0.2, 0.25) is 0 Å². The van der Waals surface area contributed by atoms with Gasteiger partial charge in [-0.2, -0.15) is 13.2 Å². The number of benzene rings is 2. The molecule has 4 nitrogen and oxygen atoms in total. The highest BCUT2D eigenvalue weighted by Crippen LogP contribution is 2.30. The molecule has 1 N–H and O–H groups in total. The second-order valence-corrected chi connectivity index (χ2v) is 6.94. The number of amides is 1. The summed E-state index contributed by atoms with van der Waals surface area (Å²) in [4.78, 5) is 14.4. The van der Waals surface area contributed by atoms with Crippen LogP contribution in [0.3, 0.4) is 0 Å². The Morgan fingerprint density at radius 3 is 2.50 bits per heavy atom. The second-order valence-electron chi connectivity index (χ2n) is 6.94. The van der Waals surface area contributed by atoms with Crippen LogP contribution in [0.25, 0.3) is 0 Å². The largest absolute Gasteiger partial charge is 0.484 e. The van der Waals surface area contributed by atoms with Gasteiger partial charge in [0.05, 0.1) is 5.56 Å². The van der Waals surface area contributed by atoms with Crippen LogP contribution in [0.15, 0.2) is 54.6 Å². The molecule has 0 bridgehead atoms. The van der Waals surface area contributed by atoms with E-state index in [1.54, 1.807) is 0 Å². The Morgan fingerprint density at radius 1 is 1.11 bits per heavy atom. The molecule has 1 saturated heterocycles. The first-order valence-electron chi connectivity index (χ1n) is 9.26. The monoisotopic (exact) mass is 392 g/mol. The maximum absolute atomic E-state index is 12.6. The van der Waals surface area contributed by atoms with Gasteiger partial charge in [0, 0.05) is 19.1 Å². The molecule has 150 valence electrons. The summed E-state index contributed by atoms with van der Waals surface area (Å²) < 4.78 is 43.0. The summed E-state index contributed by atoms with van der Waals surface area (Å²) in [5.74, 6) is -0.0380. The summed E-state index contributed by atoms with van der Waals surface area (Å²) in [5, 5.41) is 2.95. The third-order valence-electron chi connectivity index (χ3n) is 4.67. The average molecular weight is 392 g/mol. The fraction of sp³-hybridized carbons (Fsp3) is 0.381. The molecule has 1 aliphatic heterocycles. The minimum absolute atomic E-state index is 0.0427. The number of hydrogen-bond donors (Lipinski definition) is 1. The number of piperidine rings is 1. The fourth-order valence-electron chi connectivity index (χ4n) is 3.32. The molecule has 1 unspecified atom stereocenters. The molecule has 1 amide bonds. The van der Waals surface area contributed by atoms with Crippen molar-refractivity contribution >= 4 is 5.91 Å². The summed E-state index contributed by atoms with van der Waals surface area (Å²) in [5.41, 5.74) is 0.491. The zero-order valence-corrected chi connectivity index (χ0v) is 15.4. The van der Waals surface area contributed by atoms with Crippen molar-refractivity contribution in [2.75, 3.05) is 19.7 Å². The molecule has 1 atom stereocenters. The molecule has 2 aromatic rings. The van der Waals surface area contributed by atoms with Gasteiger partial charge in [0.25, 0.3) is 5.91 Å². The highest BCUT2D eigenvalue weighted by atomic mass is 19.4. The van der Waals surface area contributed by atoms with E-state index in [2.05, 4.69) is 22.3 Å². The molecule has 3 rings (SSSR count). The van der Waals surface area contributed by atoms with Crippen LogP contribution in [0, 0.1) is 0 Å². The Kier molecular flexibility index (Phi) is 6.57. The van der Waals surface area contributed by atoms with E-state index in [1.165, 1.54) is 17.7 Å². The van der Waals surface area contributed by atoms with Crippen molar-refractivity contribution in [2.24, 2.45) is 0 Å². The van der Waals surface area contributed by atoms with E-state index in [0.29, 0.717) is 0 Å². The van der Waals surface area contributed by atoms with Crippen LogP contribution in [-0.4, -0.2) is 36.5 Å².